The first-order chi connectivity index (χ1) is 5.22. The number of hydrogen-bond acceptors (Lipinski definition) is 1. The number of rotatable bonds is 6. The molecular weight excluding hydrogens is 134 g/mol. The molecule has 0 aliphatic carbocycles. The van der Waals surface area contributed by atoms with Crippen LogP contribution in [0.5, 0.6) is 0 Å². The van der Waals surface area contributed by atoms with E-state index in [1.165, 1.54) is 32.2 Å². The summed E-state index contributed by atoms with van der Waals surface area (Å²) in [7, 11) is 2.23. The van der Waals surface area contributed by atoms with Gasteiger partial charge in [-0.3, -0.25) is 0 Å². The Morgan fingerprint density at radius 2 is 1.82 bits per heavy atom. The van der Waals surface area contributed by atoms with Crippen LogP contribution in [0.25, 0.3) is 0 Å². The minimum atomic E-state index is 0.770. The third-order valence-electron chi connectivity index (χ3n) is 2.32. The summed E-state index contributed by atoms with van der Waals surface area (Å²) in [5.41, 5.74) is 0. The molecule has 1 atom stereocenters. The third kappa shape index (κ3) is 5.25. The fourth-order valence-corrected chi connectivity index (χ4v) is 1.27. The fraction of sp³-hybridized carbons (Fsp3) is 1.00. The van der Waals surface area contributed by atoms with Gasteiger partial charge in [-0.2, -0.15) is 0 Å². The van der Waals surface area contributed by atoms with Gasteiger partial charge in [0, 0.05) is 6.04 Å². The molecule has 11 heavy (non-hydrogen) atoms. The molecule has 1 nitrogen and oxygen atoms in total. The first-order valence-corrected chi connectivity index (χ1v) is 4.92. The van der Waals surface area contributed by atoms with Crippen LogP contribution in [0.15, 0.2) is 0 Å². The monoisotopic (exact) mass is 157 g/mol. The first-order valence-electron chi connectivity index (χ1n) is 4.92. The van der Waals surface area contributed by atoms with E-state index in [0.29, 0.717) is 0 Å². The van der Waals surface area contributed by atoms with E-state index in [0.717, 1.165) is 6.04 Å². The highest BCUT2D eigenvalue weighted by Crippen LogP contribution is 2.04. The topological polar surface area (TPSA) is 3.24 Å². The van der Waals surface area contributed by atoms with Crippen LogP contribution in [0, 0.1) is 0 Å². The summed E-state index contributed by atoms with van der Waals surface area (Å²) in [5, 5.41) is 0. The van der Waals surface area contributed by atoms with Crippen molar-refractivity contribution >= 4 is 0 Å². The van der Waals surface area contributed by atoms with Gasteiger partial charge >= 0.3 is 0 Å². The van der Waals surface area contributed by atoms with E-state index >= 15 is 0 Å². The minimum absolute atomic E-state index is 0.770. The first kappa shape index (κ1) is 11.0. The molecule has 0 N–H and O–H groups in total. The molecule has 0 radical (unpaired) electrons. The molecule has 0 aliphatic rings. The van der Waals surface area contributed by atoms with Crippen molar-refractivity contribution < 1.29 is 0 Å². The molecule has 0 aliphatic heterocycles. The summed E-state index contributed by atoms with van der Waals surface area (Å²) < 4.78 is 0. The Hall–Kier alpha value is -0.0400. The van der Waals surface area contributed by atoms with E-state index in [9.17, 15) is 0 Å². The zero-order valence-corrected chi connectivity index (χ0v) is 8.56. The molecule has 0 saturated carbocycles. The van der Waals surface area contributed by atoms with E-state index in [4.69, 9.17) is 0 Å². The normalized spacial score (nSPS) is 13.9. The van der Waals surface area contributed by atoms with Crippen molar-refractivity contribution in [2.24, 2.45) is 0 Å². The van der Waals surface area contributed by atoms with Gasteiger partial charge in [0.1, 0.15) is 0 Å². The van der Waals surface area contributed by atoms with Gasteiger partial charge in [-0.05, 0) is 33.4 Å². The van der Waals surface area contributed by atoms with Gasteiger partial charge in [-0.15, -0.1) is 0 Å². The van der Waals surface area contributed by atoms with Crippen molar-refractivity contribution in [1.82, 2.24) is 4.90 Å². The molecule has 0 aromatic rings. The summed E-state index contributed by atoms with van der Waals surface area (Å²) in [6.45, 7) is 8.08. The van der Waals surface area contributed by atoms with Gasteiger partial charge in [-0.1, -0.05) is 26.7 Å². The van der Waals surface area contributed by atoms with Gasteiger partial charge in [0.15, 0.2) is 0 Å². The molecule has 0 unspecified atom stereocenters. The molecule has 0 saturated heterocycles. The van der Waals surface area contributed by atoms with Gasteiger partial charge in [0.2, 0.25) is 0 Å². The van der Waals surface area contributed by atoms with Crippen LogP contribution >= 0.6 is 0 Å². The molecule has 0 heterocycles. The molecule has 0 aromatic carbocycles. The molecule has 0 rings (SSSR count). The molecule has 1 heteroatoms. The molecular formula is C10H23N. The molecule has 0 aromatic heterocycles. The van der Waals surface area contributed by atoms with E-state index in [1.807, 2.05) is 0 Å². The fourth-order valence-electron chi connectivity index (χ4n) is 1.27. The van der Waals surface area contributed by atoms with E-state index in [-0.39, 0.29) is 0 Å². The Kier molecular flexibility index (Phi) is 6.63. The quantitative estimate of drug-likeness (QED) is 0.573. The smallest absolute Gasteiger partial charge is 0.00637 e. The highest BCUT2D eigenvalue weighted by atomic mass is 15.1. The average Bonchev–Trinajstić information content (AvgIpc) is 2.00. The maximum atomic E-state index is 2.47. The molecule has 68 valence electrons. The molecule has 0 bridgehead atoms. The zero-order chi connectivity index (χ0) is 8.69. The Morgan fingerprint density at radius 3 is 2.27 bits per heavy atom. The van der Waals surface area contributed by atoms with E-state index in [2.05, 4.69) is 32.7 Å². The maximum absolute atomic E-state index is 2.47. The molecule has 0 amide bonds. The standard InChI is InChI=1S/C10H23N/c1-5-7-9-11(4)10(3)8-6-2/h10H,5-9H2,1-4H3/t10-/m1/s1. The average molecular weight is 157 g/mol. The van der Waals surface area contributed by atoms with Crippen molar-refractivity contribution in [2.75, 3.05) is 13.6 Å². The van der Waals surface area contributed by atoms with Crippen molar-refractivity contribution in [3.8, 4) is 0 Å². The van der Waals surface area contributed by atoms with Gasteiger partial charge in [-0.25, -0.2) is 0 Å². The summed E-state index contributed by atoms with van der Waals surface area (Å²) in [4.78, 5) is 2.47. The second kappa shape index (κ2) is 6.66. The summed E-state index contributed by atoms with van der Waals surface area (Å²) in [6.07, 6.45) is 5.28. The second-order valence-corrected chi connectivity index (χ2v) is 3.47. The lowest BCUT2D eigenvalue weighted by atomic mass is 10.1. The summed E-state index contributed by atoms with van der Waals surface area (Å²) in [5.74, 6) is 0. The van der Waals surface area contributed by atoms with E-state index in [1.54, 1.807) is 0 Å². The van der Waals surface area contributed by atoms with Crippen molar-refractivity contribution in [2.45, 2.75) is 52.5 Å². The number of hydrogen-bond donors (Lipinski definition) is 0. The summed E-state index contributed by atoms with van der Waals surface area (Å²) in [6, 6.07) is 0.770. The van der Waals surface area contributed by atoms with Crippen molar-refractivity contribution in [3.05, 3.63) is 0 Å². The van der Waals surface area contributed by atoms with Crippen LogP contribution in [0.3, 0.4) is 0 Å². The Balaban J connectivity index is 3.38. The lowest BCUT2D eigenvalue weighted by Crippen LogP contribution is -2.29. The highest BCUT2D eigenvalue weighted by molar-refractivity contribution is 4.61. The predicted molar refractivity (Wildman–Crippen MR) is 51.9 cm³/mol. The number of unbranched alkanes of at least 4 members (excludes halogenated alkanes) is 1. The van der Waals surface area contributed by atoms with Crippen LogP contribution in [0.1, 0.15) is 46.5 Å². The van der Waals surface area contributed by atoms with Crippen molar-refractivity contribution in [3.63, 3.8) is 0 Å². The summed E-state index contributed by atoms with van der Waals surface area (Å²) >= 11 is 0. The van der Waals surface area contributed by atoms with Gasteiger partial charge in [0.05, 0.1) is 0 Å². The second-order valence-electron chi connectivity index (χ2n) is 3.47. The molecule has 0 spiro atoms. The Morgan fingerprint density at radius 1 is 1.18 bits per heavy atom. The van der Waals surface area contributed by atoms with Crippen LogP contribution in [-0.2, 0) is 0 Å². The lowest BCUT2D eigenvalue weighted by molar-refractivity contribution is 0.241. The minimum Gasteiger partial charge on any atom is -0.304 e. The van der Waals surface area contributed by atoms with Crippen LogP contribution in [-0.4, -0.2) is 24.5 Å². The van der Waals surface area contributed by atoms with Crippen LogP contribution in [0.4, 0.5) is 0 Å². The largest absolute Gasteiger partial charge is 0.304 e. The van der Waals surface area contributed by atoms with Gasteiger partial charge < -0.3 is 4.90 Å². The lowest BCUT2D eigenvalue weighted by Gasteiger charge is -2.23. The third-order valence-corrected chi connectivity index (χ3v) is 2.32. The Bertz CT molecular complexity index is 80.9. The zero-order valence-electron chi connectivity index (χ0n) is 8.56. The SMILES string of the molecule is CCCCN(C)[C@H](C)CCC. The molecule has 0 fully saturated rings. The van der Waals surface area contributed by atoms with Crippen molar-refractivity contribution in [1.29, 1.82) is 0 Å². The van der Waals surface area contributed by atoms with Gasteiger partial charge in [0.25, 0.3) is 0 Å². The maximum Gasteiger partial charge on any atom is 0.00637 e. The highest BCUT2D eigenvalue weighted by Gasteiger charge is 2.05. The van der Waals surface area contributed by atoms with Crippen LogP contribution in [0.2, 0.25) is 0 Å². The van der Waals surface area contributed by atoms with E-state index < -0.39 is 0 Å². The Labute approximate surface area is 71.8 Å². The van der Waals surface area contributed by atoms with Crippen LogP contribution < -0.4 is 0 Å². The number of nitrogens with zero attached hydrogens (tertiary/aromatic N) is 1. The predicted octanol–water partition coefficient (Wildman–Crippen LogP) is 2.91.